The van der Waals surface area contributed by atoms with Gasteiger partial charge in [0.1, 0.15) is 11.2 Å². The van der Waals surface area contributed by atoms with Gasteiger partial charge in [0.25, 0.3) is 0 Å². The molecule has 0 aliphatic heterocycles. The van der Waals surface area contributed by atoms with Crippen molar-refractivity contribution in [3.8, 4) is 5.40 Å². The number of aryl methyl sites for hydroxylation is 1. The lowest BCUT2D eigenvalue weighted by atomic mass is 10.2. The topological polar surface area (TPSA) is 23.8 Å². The van der Waals surface area contributed by atoms with Gasteiger partial charge in [-0.3, -0.25) is 0 Å². The van der Waals surface area contributed by atoms with Crippen molar-refractivity contribution in [2.75, 3.05) is 0 Å². The van der Waals surface area contributed by atoms with E-state index in [9.17, 15) is 4.39 Å². The molecule has 0 radical (unpaired) electrons. The van der Waals surface area contributed by atoms with Crippen LogP contribution in [0.15, 0.2) is 23.1 Å². The van der Waals surface area contributed by atoms with Crippen LogP contribution in [0.1, 0.15) is 5.56 Å². The number of halogens is 1. The Morgan fingerprint density at radius 2 is 2.27 bits per heavy atom. The number of benzene rings is 1. The van der Waals surface area contributed by atoms with Crippen LogP contribution in [0.3, 0.4) is 0 Å². The van der Waals surface area contributed by atoms with Crippen LogP contribution in [0.2, 0.25) is 0 Å². The number of hydrogen-bond acceptors (Lipinski definition) is 2. The molecule has 0 bridgehead atoms. The summed E-state index contributed by atoms with van der Waals surface area (Å²) in [4.78, 5) is 0.688. The standard InChI is InChI=1S/C8H6FNS/c1-6-2-3-7(9)4-8(6)11-5-10/h2-4H,1H3. The Morgan fingerprint density at radius 1 is 1.55 bits per heavy atom. The molecule has 0 aliphatic carbocycles. The van der Waals surface area contributed by atoms with Crippen LogP contribution in [-0.4, -0.2) is 0 Å². The summed E-state index contributed by atoms with van der Waals surface area (Å²) in [6.45, 7) is 1.85. The summed E-state index contributed by atoms with van der Waals surface area (Å²) in [5.41, 5.74) is 0.929. The number of thioether (sulfide) groups is 1. The molecule has 0 heterocycles. The van der Waals surface area contributed by atoms with Crippen molar-refractivity contribution < 1.29 is 4.39 Å². The third-order valence-electron chi connectivity index (χ3n) is 1.31. The molecule has 0 spiro atoms. The Morgan fingerprint density at radius 3 is 2.91 bits per heavy atom. The highest BCUT2D eigenvalue weighted by atomic mass is 32.2. The molecular weight excluding hydrogens is 161 g/mol. The van der Waals surface area contributed by atoms with Crippen molar-refractivity contribution in [1.82, 2.24) is 0 Å². The Hall–Kier alpha value is -1.01. The largest absolute Gasteiger partial charge is 0.207 e. The third kappa shape index (κ3) is 1.95. The summed E-state index contributed by atoms with van der Waals surface area (Å²) in [6, 6.07) is 4.41. The summed E-state index contributed by atoms with van der Waals surface area (Å²) in [7, 11) is 0. The quantitative estimate of drug-likeness (QED) is 0.474. The first kappa shape index (κ1) is 8.09. The molecule has 0 saturated carbocycles. The van der Waals surface area contributed by atoms with E-state index in [1.807, 2.05) is 12.3 Å². The van der Waals surface area contributed by atoms with Crippen LogP contribution < -0.4 is 0 Å². The normalized spacial score (nSPS) is 9.18. The highest BCUT2D eigenvalue weighted by molar-refractivity contribution is 8.03. The molecule has 0 unspecified atom stereocenters. The van der Waals surface area contributed by atoms with Crippen LogP contribution in [0.25, 0.3) is 0 Å². The van der Waals surface area contributed by atoms with Gasteiger partial charge in [0.2, 0.25) is 0 Å². The molecular formula is C8H6FNS. The van der Waals surface area contributed by atoms with Crippen molar-refractivity contribution in [3.05, 3.63) is 29.6 Å². The number of hydrogen-bond donors (Lipinski definition) is 0. The predicted octanol–water partition coefficient (Wildman–Crippen LogP) is 2.71. The minimum Gasteiger partial charge on any atom is -0.207 e. The first-order chi connectivity index (χ1) is 5.24. The van der Waals surface area contributed by atoms with E-state index in [2.05, 4.69) is 0 Å². The van der Waals surface area contributed by atoms with Gasteiger partial charge < -0.3 is 0 Å². The van der Waals surface area contributed by atoms with Crippen molar-refractivity contribution in [2.24, 2.45) is 0 Å². The van der Waals surface area contributed by atoms with E-state index in [1.54, 1.807) is 6.07 Å². The maximum Gasteiger partial charge on any atom is 0.138 e. The minimum absolute atomic E-state index is 0.298. The fourth-order valence-electron chi connectivity index (χ4n) is 0.733. The second-order valence-corrected chi connectivity index (χ2v) is 2.93. The lowest BCUT2D eigenvalue weighted by molar-refractivity contribution is 0.623. The Kier molecular flexibility index (Phi) is 2.50. The molecule has 0 N–H and O–H groups in total. The summed E-state index contributed by atoms with van der Waals surface area (Å²) >= 11 is 0.982. The first-order valence-corrected chi connectivity index (χ1v) is 3.88. The van der Waals surface area contributed by atoms with Gasteiger partial charge in [0.15, 0.2) is 0 Å². The van der Waals surface area contributed by atoms with Gasteiger partial charge in [-0.2, -0.15) is 5.26 Å². The van der Waals surface area contributed by atoms with Crippen molar-refractivity contribution in [2.45, 2.75) is 11.8 Å². The zero-order valence-electron chi connectivity index (χ0n) is 5.97. The molecule has 0 saturated heterocycles. The number of thiocyanates is 1. The van der Waals surface area contributed by atoms with Gasteiger partial charge in [0, 0.05) is 4.90 Å². The lowest BCUT2D eigenvalue weighted by Crippen LogP contribution is -1.79. The Labute approximate surface area is 68.8 Å². The molecule has 56 valence electrons. The van der Waals surface area contributed by atoms with Gasteiger partial charge in [0.05, 0.1) is 0 Å². The molecule has 0 atom stereocenters. The average Bonchev–Trinajstić information content (AvgIpc) is 1.98. The van der Waals surface area contributed by atoms with E-state index < -0.39 is 0 Å². The van der Waals surface area contributed by atoms with Gasteiger partial charge in [-0.25, -0.2) is 4.39 Å². The molecule has 0 amide bonds. The molecule has 11 heavy (non-hydrogen) atoms. The summed E-state index contributed by atoms with van der Waals surface area (Å²) in [5.74, 6) is -0.298. The molecule has 0 aliphatic rings. The fraction of sp³-hybridized carbons (Fsp3) is 0.125. The zero-order valence-corrected chi connectivity index (χ0v) is 6.78. The lowest BCUT2D eigenvalue weighted by Gasteiger charge is -1.98. The van der Waals surface area contributed by atoms with E-state index in [1.165, 1.54) is 12.1 Å². The number of rotatable bonds is 1. The van der Waals surface area contributed by atoms with Crippen molar-refractivity contribution in [3.63, 3.8) is 0 Å². The summed E-state index contributed by atoms with van der Waals surface area (Å²) in [5, 5.41) is 10.2. The molecule has 1 nitrogen and oxygen atoms in total. The monoisotopic (exact) mass is 167 g/mol. The van der Waals surface area contributed by atoms with E-state index in [0.29, 0.717) is 4.90 Å². The predicted molar refractivity (Wildman–Crippen MR) is 42.6 cm³/mol. The molecule has 3 heteroatoms. The van der Waals surface area contributed by atoms with Crippen LogP contribution >= 0.6 is 11.8 Å². The maximum absolute atomic E-state index is 12.5. The molecule has 1 aromatic carbocycles. The smallest absolute Gasteiger partial charge is 0.138 e. The Balaban J connectivity index is 3.05. The zero-order chi connectivity index (χ0) is 8.27. The number of nitriles is 1. The number of nitrogens with zero attached hydrogens (tertiary/aromatic N) is 1. The van der Waals surface area contributed by atoms with E-state index in [0.717, 1.165) is 17.3 Å². The van der Waals surface area contributed by atoms with Crippen LogP contribution in [0, 0.1) is 23.4 Å². The second kappa shape index (κ2) is 3.40. The van der Waals surface area contributed by atoms with Crippen LogP contribution in [0.5, 0.6) is 0 Å². The molecule has 1 rings (SSSR count). The van der Waals surface area contributed by atoms with E-state index in [4.69, 9.17) is 5.26 Å². The highest BCUT2D eigenvalue weighted by Crippen LogP contribution is 2.21. The highest BCUT2D eigenvalue weighted by Gasteiger charge is 1.99. The third-order valence-corrected chi connectivity index (χ3v) is 2.06. The van der Waals surface area contributed by atoms with Gasteiger partial charge in [-0.15, -0.1) is 0 Å². The van der Waals surface area contributed by atoms with Gasteiger partial charge in [-0.1, -0.05) is 6.07 Å². The van der Waals surface area contributed by atoms with Crippen LogP contribution in [-0.2, 0) is 0 Å². The Bertz CT molecular complexity index is 303. The minimum atomic E-state index is -0.298. The first-order valence-electron chi connectivity index (χ1n) is 3.06. The fourth-order valence-corrected chi connectivity index (χ4v) is 1.23. The molecule has 0 aromatic heterocycles. The van der Waals surface area contributed by atoms with Gasteiger partial charge in [-0.05, 0) is 36.4 Å². The van der Waals surface area contributed by atoms with Crippen molar-refractivity contribution >= 4 is 11.8 Å². The maximum atomic E-state index is 12.5. The SMILES string of the molecule is Cc1ccc(F)cc1SC#N. The summed E-state index contributed by atoms with van der Waals surface area (Å²) in [6.07, 6.45) is 0. The second-order valence-electron chi connectivity index (χ2n) is 2.10. The summed E-state index contributed by atoms with van der Waals surface area (Å²) < 4.78 is 12.5. The average molecular weight is 167 g/mol. The van der Waals surface area contributed by atoms with Crippen molar-refractivity contribution in [1.29, 1.82) is 5.26 Å². The van der Waals surface area contributed by atoms with Crippen LogP contribution in [0.4, 0.5) is 4.39 Å². The van der Waals surface area contributed by atoms with E-state index >= 15 is 0 Å². The molecule has 0 fully saturated rings. The van der Waals surface area contributed by atoms with E-state index in [-0.39, 0.29) is 5.82 Å². The van der Waals surface area contributed by atoms with Gasteiger partial charge >= 0.3 is 0 Å². The molecule has 1 aromatic rings.